The third-order valence-electron chi connectivity index (χ3n) is 16.1. The molecule has 0 aromatic heterocycles. The Morgan fingerprint density at radius 2 is 0.676 bits per heavy atom. The smallest absolute Gasteiger partial charge is 0.305 e. The number of piperidine rings is 1. The molecule has 1 heterocycles. The first-order valence-electron chi connectivity index (χ1n) is 32.6. The van der Waals surface area contributed by atoms with E-state index < -0.39 is 0 Å². The molecule has 7 heteroatoms. The second-order valence-corrected chi connectivity index (χ2v) is 22.9. The van der Waals surface area contributed by atoms with Crippen molar-refractivity contribution in [3.63, 3.8) is 0 Å². The lowest BCUT2D eigenvalue weighted by Crippen LogP contribution is -2.46. The van der Waals surface area contributed by atoms with E-state index in [0.717, 1.165) is 70.7 Å². The molecule has 0 atom stereocenters. The molecule has 1 rings (SSSR count). The summed E-state index contributed by atoms with van der Waals surface area (Å²) in [5, 5.41) is 0. The molecule has 0 bridgehead atoms. The number of esters is 1. The van der Waals surface area contributed by atoms with Crippen LogP contribution in [-0.2, 0) is 14.3 Å². The van der Waals surface area contributed by atoms with Crippen molar-refractivity contribution in [3.8, 4) is 0 Å². The van der Waals surface area contributed by atoms with Crippen LogP contribution in [0.15, 0.2) is 0 Å². The average molecular weight is 1000 g/mol. The van der Waals surface area contributed by atoms with E-state index in [1.54, 1.807) is 0 Å². The lowest BCUT2D eigenvalue weighted by Gasteiger charge is -2.35. The summed E-state index contributed by atoms with van der Waals surface area (Å²) in [6, 6.07) is 0. The molecule has 0 aromatic carbocycles. The second kappa shape index (κ2) is 53.6. The van der Waals surface area contributed by atoms with Crippen molar-refractivity contribution in [1.82, 2.24) is 19.6 Å². The van der Waals surface area contributed by atoms with Crippen LogP contribution in [0.3, 0.4) is 0 Å². The number of unbranched alkanes of at least 4 members (excludes halogenated alkanes) is 34. The Labute approximate surface area is 445 Å². The number of hydrogen-bond donors (Lipinski definition) is 0. The van der Waals surface area contributed by atoms with Gasteiger partial charge < -0.3 is 19.4 Å². The topological polar surface area (TPSA) is 56.3 Å². The van der Waals surface area contributed by atoms with Crippen molar-refractivity contribution < 1.29 is 14.3 Å². The summed E-state index contributed by atoms with van der Waals surface area (Å²) in [6.45, 7) is 23.9. The number of carbonyl (C=O) groups is 2. The molecule has 422 valence electrons. The Kier molecular flexibility index (Phi) is 51.2. The van der Waals surface area contributed by atoms with E-state index >= 15 is 0 Å². The predicted molar refractivity (Wildman–Crippen MR) is 312 cm³/mol. The molecule has 1 fully saturated rings. The zero-order valence-corrected chi connectivity index (χ0v) is 49.2. The second-order valence-electron chi connectivity index (χ2n) is 22.9. The van der Waals surface area contributed by atoms with Gasteiger partial charge >= 0.3 is 5.97 Å². The van der Waals surface area contributed by atoms with Crippen molar-refractivity contribution >= 4 is 11.9 Å². The highest BCUT2D eigenvalue weighted by Gasteiger charge is 2.25. The first-order chi connectivity index (χ1) is 35.0. The van der Waals surface area contributed by atoms with Gasteiger partial charge in [-0.05, 0) is 109 Å². The van der Waals surface area contributed by atoms with Gasteiger partial charge in [0.1, 0.15) is 0 Å². The van der Waals surface area contributed by atoms with Crippen LogP contribution in [0.1, 0.15) is 317 Å². The lowest BCUT2D eigenvalue weighted by atomic mass is 9.93. The molecule has 1 saturated heterocycles. The molecule has 0 unspecified atom stereocenters. The van der Waals surface area contributed by atoms with Crippen LogP contribution >= 0.6 is 0 Å². The molecule has 0 aromatic rings. The molecular formula is C64H128N4O3. The van der Waals surface area contributed by atoms with Gasteiger partial charge in [-0.2, -0.15) is 0 Å². The van der Waals surface area contributed by atoms with Gasteiger partial charge in [-0.1, -0.05) is 247 Å². The first-order valence-corrected chi connectivity index (χ1v) is 32.6. The molecule has 7 nitrogen and oxygen atoms in total. The highest BCUT2D eigenvalue weighted by molar-refractivity contribution is 5.78. The summed E-state index contributed by atoms with van der Waals surface area (Å²) < 4.78 is 5.43. The molecule has 1 amide bonds. The molecule has 1 aliphatic heterocycles. The summed E-state index contributed by atoms with van der Waals surface area (Å²) in [4.78, 5) is 36.6. The number of carbonyl (C=O) groups excluding carboxylic acids is 2. The van der Waals surface area contributed by atoms with Crippen LogP contribution in [0, 0.1) is 5.92 Å². The minimum absolute atomic E-state index is 0.00403. The third-order valence-corrected chi connectivity index (χ3v) is 16.1. The maximum atomic E-state index is 14.1. The number of likely N-dealkylation sites (tertiary alicyclic amines) is 1. The van der Waals surface area contributed by atoms with Gasteiger partial charge in [0.05, 0.1) is 13.2 Å². The summed E-state index contributed by atoms with van der Waals surface area (Å²) in [5.41, 5.74) is 0. The Morgan fingerprint density at radius 3 is 1.07 bits per heavy atom. The van der Waals surface area contributed by atoms with Gasteiger partial charge in [-0.15, -0.1) is 0 Å². The van der Waals surface area contributed by atoms with Crippen LogP contribution in [0.25, 0.3) is 0 Å². The Morgan fingerprint density at radius 1 is 0.366 bits per heavy atom. The van der Waals surface area contributed by atoms with Crippen LogP contribution in [0.2, 0.25) is 0 Å². The van der Waals surface area contributed by atoms with E-state index in [1.165, 1.54) is 277 Å². The molecule has 0 saturated carbocycles. The number of nitrogens with zero attached hydrogens (tertiary/aromatic N) is 4. The van der Waals surface area contributed by atoms with E-state index in [1.807, 2.05) is 0 Å². The van der Waals surface area contributed by atoms with Gasteiger partial charge in [0.2, 0.25) is 5.91 Å². The molecule has 0 radical (unpaired) electrons. The summed E-state index contributed by atoms with van der Waals surface area (Å²) >= 11 is 0. The number of rotatable bonds is 56. The van der Waals surface area contributed by atoms with E-state index in [0.29, 0.717) is 25.5 Å². The summed E-state index contributed by atoms with van der Waals surface area (Å²) in [6.07, 6.45) is 57.2. The van der Waals surface area contributed by atoms with Crippen molar-refractivity contribution in [1.29, 1.82) is 0 Å². The number of amides is 1. The summed E-state index contributed by atoms with van der Waals surface area (Å²) in [7, 11) is 0. The highest BCUT2D eigenvalue weighted by Crippen LogP contribution is 2.23. The van der Waals surface area contributed by atoms with Crippen LogP contribution < -0.4 is 0 Å². The van der Waals surface area contributed by atoms with Gasteiger partial charge in [0, 0.05) is 32.6 Å². The molecule has 1 aliphatic rings. The van der Waals surface area contributed by atoms with Crippen molar-refractivity contribution in [2.45, 2.75) is 317 Å². The fourth-order valence-corrected chi connectivity index (χ4v) is 11.0. The monoisotopic (exact) mass is 1000 g/mol. The van der Waals surface area contributed by atoms with E-state index in [9.17, 15) is 9.59 Å². The standard InChI is InChI=1S/C64H128N4O3/c1-6-11-16-20-24-25-26-27-28-31-36-40-50-65(51-41-38-32-33-39-46-64(70)71-60-45-15-10-5)55-47-62-48-56-68(57-49-62)63(69)61-67(54-44-37-30-22-18-13-8-3)59-58-66(52-42-34-23-19-14-9-4)53-43-35-29-21-17-12-7-2/h62H,6-61H2,1-5H3. The van der Waals surface area contributed by atoms with E-state index in [-0.39, 0.29) is 5.97 Å². The Bertz CT molecular complexity index is 1100. The minimum atomic E-state index is -0.00403. The fourth-order valence-electron chi connectivity index (χ4n) is 11.0. The van der Waals surface area contributed by atoms with Gasteiger partial charge in [-0.25, -0.2) is 0 Å². The molecule has 71 heavy (non-hydrogen) atoms. The van der Waals surface area contributed by atoms with E-state index in [4.69, 9.17) is 4.74 Å². The van der Waals surface area contributed by atoms with Crippen molar-refractivity contribution in [3.05, 3.63) is 0 Å². The Hall–Kier alpha value is -1.18. The molecule has 0 N–H and O–H groups in total. The largest absolute Gasteiger partial charge is 0.466 e. The Balaban J connectivity index is 2.70. The van der Waals surface area contributed by atoms with Gasteiger partial charge in [0.25, 0.3) is 0 Å². The fraction of sp³-hybridized carbons (Fsp3) is 0.969. The quantitative estimate of drug-likeness (QED) is 0.0447. The summed E-state index contributed by atoms with van der Waals surface area (Å²) in [5.74, 6) is 1.12. The minimum Gasteiger partial charge on any atom is -0.466 e. The number of hydrogen-bond acceptors (Lipinski definition) is 6. The molecule has 0 aliphatic carbocycles. The zero-order valence-electron chi connectivity index (χ0n) is 49.2. The number of ether oxygens (including phenoxy) is 1. The van der Waals surface area contributed by atoms with Crippen LogP contribution in [0.5, 0.6) is 0 Å². The highest BCUT2D eigenvalue weighted by atomic mass is 16.5. The van der Waals surface area contributed by atoms with Gasteiger partial charge in [-0.3, -0.25) is 14.5 Å². The maximum Gasteiger partial charge on any atom is 0.305 e. The third kappa shape index (κ3) is 44.8. The zero-order chi connectivity index (χ0) is 51.3. The predicted octanol–water partition coefficient (Wildman–Crippen LogP) is 18.2. The van der Waals surface area contributed by atoms with Gasteiger partial charge in [0.15, 0.2) is 0 Å². The molecule has 0 spiro atoms. The van der Waals surface area contributed by atoms with Crippen LogP contribution in [0.4, 0.5) is 0 Å². The van der Waals surface area contributed by atoms with E-state index in [2.05, 4.69) is 54.2 Å². The normalized spacial score (nSPS) is 13.4. The lowest BCUT2D eigenvalue weighted by molar-refractivity contribution is -0.144. The molecular weight excluding hydrogens is 873 g/mol. The first kappa shape index (κ1) is 67.8. The van der Waals surface area contributed by atoms with Crippen molar-refractivity contribution in [2.75, 3.05) is 78.6 Å². The van der Waals surface area contributed by atoms with Crippen LogP contribution in [-0.4, -0.2) is 110 Å². The van der Waals surface area contributed by atoms with Crippen molar-refractivity contribution in [2.24, 2.45) is 5.92 Å². The average Bonchev–Trinajstić information content (AvgIpc) is 3.38. The SMILES string of the molecule is CCCCCCCCCCCCCCN(CCCCCCCC(=O)OCCCCC)CCC1CCN(C(=O)CN(CCCCCCCCC)CCN(CCCCCCCC)CCCCCCCCC)CC1. The maximum absolute atomic E-state index is 14.1.